The third-order valence-electron chi connectivity index (χ3n) is 4.15. The van der Waals surface area contributed by atoms with Crippen LogP contribution in [-0.2, 0) is 0 Å². The van der Waals surface area contributed by atoms with Crippen LogP contribution < -0.4 is 20.1 Å². The van der Waals surface area contributed by atoms with Gasteiger partial charge in [-0.2, -0.15) is 0 Å². The van der Waals surface area contributed by atoms with Crippen molar-refractivity contribution in [2.75, 3.05) is 44.7 Å². The zero-order valence-corrected chi connectivity index (χ0v) is 16.0. The molecule has 2 N–H and O–H groups in total. The average Bonchev–Trinajstić information content (AvgIpc) is 2.83. The molecule has 1 aromatic rings. The average molecular weight is 348 g/mol. The number of fused-ring (bicyclic) bond motifs is 1. The normalized spacial score (nSPS) is 14.6. The van der Waals surface area contributed by atoms with Crippen LogP contribution in [0, 0.1) is 0 Å². The van der Waals surface area contributed by atoms with Crippen molar-refractivity contribution in [3.05, 3.63) is 18.2 Å². The first-order valence-electron chi connectivity index (χ1n) is 9.33. The molecule has 6 nitrogen and oxygen atoms in total. The predicted molar refractivity (Wildman–Crippen MR) is 104 cm³/mol. The number of benzene rings is 1. The standard InChI is InChI=1S/C19H32N4O2/c1-5-20-19(21-10-11-23(6-2)15(3)4)22-16-8-9-17-18(14-16)25-13-7-12-24-17/h8-9,14-15H,5-7,10-13H2,1-4H3,(H2,20,21,22). The molecule has 0 fully saturated rings. The zero-order valence-electron chi connectivity index (χ0n) is 16.0. The van der Waals surface area contributed by atoms with E-state index in [1.54, 1.807) is 0 Å². The number of guanidine groups is 1. The van der Waals surface area contributed by atoms with Crippen molar-refractivity contribution < 1.29 is 9.47 Å². The summed E-state index contributed by atoms with van der Waals surface area (Å²) in [5.41, 5.74) is 0.945. The maximum absolute atomic E-state index is 5.75. The summed E-state index contributed by atoms with van der Waals surface area (Å²) in [5.74, 6) is 2.38. The summed E-state index contributed by atoms with van der Waals surface area (Å²) in [6, 6.07) is 6.45. The fourth-order valence-electron chi connectivity index (χ4n) is 2.76. The molecular formula is C19H32N4O2. The Morgan fingerprint density at radius 2 is 1.96 bits per heavy atom. The highest BCUT2D eigenvalue weighted by Gasteiger charge is 2.11. The second-order valence-corrected chi connectivity index (χ2v) is 6.32. The Bertz CT molecular complexity index is 560. The molecule has 0 radical (unpaired) electrons. The Morgan fingerprint density at radius 3 is 2.64 bits per heavy atom. The fourth-order valence-corrected chi connectivity index (χ4v) is 2.76. The summed E-state index contributed by atoms with van der Waals surface area (Å²) >= 11 is 0. The van der Waals surface area contributed by atoms with Crippen LogP contribution in [0.2, 0.25) is 0 Å². The lowest BCUT2D eigenvalue weighted by Crippen LogP contribution is -2.35. The third kappa shape index (κ3) is 6.12. The van der Waals surface area contributed by atoms with Crippen molar-refractivity contribution in [2.45, 2.75) is 40.2 Å². The van der Waals surface area contributed by atoms with Gasteiger partial charge in [-0.25, -0.2) is 0 Å². The van der Waals surface area contributed by atoms with Crippen molar-refractivity contribution in [3.8, 4) is 11.5 Å². The molecule has 0 aliphatic carbocycles. The molecule has 6 heteroatoms. The maximum atomic E-state index is 5.75. The van der Waals surface area contributed by atoms with Crippen LogP contribution in [0.3, 0.4) is 0 Å². The van der Waals surface area contributed by atoms with E-state index in [9.17, 15) is 0 Å². The largest absolute Gasteiger partial charge is 0.490 e. The van der Waals surface area contributed by atoms with Gasteiger partial charge in [-0.15, -0.1) is 0 Å². The summed E-state index contributed by atoms with van der Waals surface area (Å²) in [6.45, 7) is 13.6. The summed E-state index contributed by atoms with van der Waals surface area (Å²) in [7, 11) is 0. The topological polar surface area (TPSA) is 58.1 Å². The number of hydrogen-bond donors (Lipinski definition) is 2. The summed E-state index contributed by atoms with van der Waals surface area (Å²) < 4.78 is 11.4. The van der Waals surface area contributed by atoms with Crippen molar-refractivity contribution >= 4 is 11.6 Å². The van der Waals surface area contributed by atoms with Gasteiger partial charge < -0.3 is 20.1 Å². The van der Waals surface area contributed by atoms with Gasteiger partial charge in [0.1, 0.15) is 0 Å². The Balaban J connectivity index is 2.00. The highest BCUT2D eigenvalue weighted by molar-refractivity contribution is 5.93. The van der Waals surface area contributed by atoms with Crippen molar-refractivity contribution in [3.63, 3.8) is 0 Å². The first kappa shape index (κ1) is 19.4. The smallest absolute Gasteiger partial charge is 0.195 e. The molecule has 0 aromatic heterocycles. The minimum Gasteiger partial charge on any atom is -0.490 e. The van der Waals surface area contributed by atoms with E-state index in [0.29, 0.717) is 19.3 Å². The van der Waals surface area contributed by atoms with E-state index in [-0.39, 0.29) is 0 Å². The van der Waals surface area contributed by atoms with Gasteiger partial charge in [0, 0.05) is 37.3 Å². The molecule has 0 bridgehead atoms. The molecule has 0 amide bonds. The molecule has 0 saturated heterocycles. The number of ether oxygens (including phenoxy) is 2. The van der Waals surface area contributed by atoms with Gasteiger partial charge in [0.2, 0.25) is 0 Å². The highest BCUT2D eigenvalue weighted by Crippen LogP contribution is 2.32. The summed E-state index contributed by atoms with van der Waals surface area (Å²) in [6.07, 6.45) is 0.908. The van der Waals surface area contributed by atoms with Gasteiger partial charge in [0.05, 0.1) is 19.8 Å². The monoisotopic (exact) mass is 348 g/mol. The number of nitrogens with zero attached hydrogens (tertiary/aromatic N) is 2. The zero-order chi connectivity index (χ0) is 18.1. The van der Waals surface area contributed by atoms with E-state index in [4.69, 9.17) is 14.5 Å². The van der Waals surface area contributed by atoms with Gasteiger partial charge in [0.15, 0.2) is 17.5 Å². The van der Waals surface area contributed by atoms with Gasteiger partial charge in [0.25, 0.3) is 0 Å². The van der Waals surface area contributed by atoms with Gasteiger partial charge >= 0.3 is 0 Å². The van der Waals surface area contributed by atoms with E-state index >= 15 is 0 Å². The first-order valence-corrected chi connectivity index (χ1v) is 9.33. The van der Waals surface area contributed by atoms with Crippen LogP contribution >= 0.6 is 0 Å². The van der Waals surface area contributed by atoms with Gasteiger partial charge in [-0.3, -0.25) is 9.89 Å². The molecule has 1 heterocycles. The Kier molecular flexibility index (Phi) is 7.85. The van der Waals surface area contributed by atoms with Crippen LogP contribution in [0.5, 0.6) is 11.5 Å². The van der Waals surface area contributed by atoms with E-state index in [1.165, 1.54) is 0 Å². The lowest BCUT2D eigenvalue weighted by Gasteiger charge is -2.23. The van der Waals surface area contributed by atoms with Crippen molar-refractivity contribution in [1.82, 2.24) is 10.2 Å². The number of aliphatic imine (C=N–C) groups is 1. The van der Waals surface area contributed by atoms with Crippen LogP contribution in [0.1, 0.15) is 34.1 Å². The fraction of sp³-hybridized carbons (Fsp3) is 0.632. The lowest BCUT2D eigenvalue weighted by molar-refractivity contribution is 0.241. The number of hydrogen-bond acceptors (Lipinski definition) is 4. The summed E-state index contributed by atoms with van der Waals surface area (Å²) in [5, 5.41) is 6.65. The molecule has 140 valence electrons. The predicted octanol–water partition coefficient (Wildman–Crippen LogP) is 2.96. The molecule has 0 saturated carbocycles. The minimum atomic E-state index is 0.539. The first-order chi connectivity index (χ1) is 12.1. The van der Waals surface area contributed by atoms with Crippen LogP contribution in [-0.4, -0.2) is 56.3 Å². The van der Waals surface area contributed by atoms with Gasteiger partial charge in [-0.05, 0) is 39.4 Å². The molecule has 0 spiro atoms. The molecule has 1 aliphatic rings. The molecule has 2 rings (SSSR count). The van der Waals surface area contributed by atoms with Crippen LogP contribution in [0.15, 0.2) is 23.2 Å². The molecule has 0 atom stereocenters. The van der Waals surface area contributed by atoms with Crippen LogP contribution in [0.25, 0.3) is 0 Å². The molecular weight excluding hydrogens is 316 g/mol. The summed E-state index contributed by atoms with van der Waals surface area (Å²) in [4.78, 5) is 7.09. The molecule has 0 unspecified atom stereocenters. The Labute approximate surface area is 151 Å². The van der Waals surface area contributed by atoms with Crippen molar-refractivity contribution in [2.24, 2.45) is 4.99 Å². The van der Waals surface area contributed by atoms with E-state index in [2.05, 4.69) is 43.2 Å². The quantitative estimate of drug-likeness (QED) is 0.586. The second kappa shape index (κ2) is 10.1. The number of nitrogens with one attached hydrogen (secondary N) is 2. The van der Waals surface area contributed by atoms with E-state index < -0.39 is 0 Å². The molecule has 1 aliphatic heterocycles. The second-order valence-electron chi connectivity index (χ2n) is 6.32. The van der Waals surface area contributed by atoms with E-state index in [1.807, 2.05) is 18.2 Å². The Morgan fingerprint density at radius 1 is 1.20 bits per heavy atom. The van der Waals surface area contributed by atoms with Crippen molar-refractivity contribution in [1.29, 1.82) is 0 Å². The third-order valence-corrected chi connectivity index (χ3v) is 4.15. The number of likely N-dealkylation sites (N-methyl/N-ethyl adjacent to an activating group) is 1. The SMILES string of the molecule is CCNC(=NCCN(CC)C(C)C)Nc1ccc2c(c1)OCCCO2. The lowest BCUT2D eigenvalue weighted by atomic mass is 10.3. The maximum Gasteiger partial charge on any atom is 0.195 e. The highest BCUT2D eigenvalue weighted by atomic mass is 16.5. The minimum absolute atomic E-state index is 0.539. The number of anilines is 1. The molecule has 25 heavy (non-hydrogen) atoms. The van der Waals surface area contributed by atoms with E-state index in [0.717, 1.165) is 55.7 Å². The molecule has 1 aromatic carbocycles. The van der Waals surface area contributed by atoms with Gasteiger partial charge in [-0.1, -0.05) is 6.92 Å². The number of rotatable bonds is 7. The Hall–Kier alpha value is -1.95. The van der Waals surface area contributed by atoms with Crippen LogP contribution in [0.4, 0.5) is 5.69 Å².